The van der Waals surface area contributed by atoms with Gasteiger partial charge >= 0.3 is 17.9 Å². The van der Waals surface area contributed by atoms with Crippen molar-refractivity contribution in [3.05, 3.63) is 122 Å². The summed E-state index contributed by atoms with van der Waals surface area (Å²) in [4.78, 5) is 38.3. The van der Waals surface area contributed by atoms with E-state index in [1.54, 1.807) is 0 Å². The van der Waals surface area contributed by atoms with Crippen molar-refractivity contribution in [2.24, 2.45) is 0 Å². The summed E-state index contributed by atoms with van der Waals surface area (Å²) in [6.45, 7) is 6.45. The standard InChI is InChI=1S/C76H128O6/c1-4-7-10-13-16-19-22-24-26-28-30-32-34-36-38-40-42-44-46-48-50-52-54-57-60-63-66-69-75(78)81-72-73(71-80-74(77)68-65-62-59-56-21-18-15-12-9-6-3)82-76(79)70-67-64-61-58-55-53-51-49-47-45-43-41-39-37-35-33-31-29-27-25-23-20-17-14-11-8-5-2/h7,10,12,15-16,19,23-26,29-32,36,38,42,44,48,50,73H,4-6,8-9,11,13-14,17-18,20-22,27-28,33-35,37,39-41,43,45-47,49,51-72H2,1-3H3/b10-7-,15-12-,19-16-,25-23-,26-24-,31-29-,32-30-,38-36-,44-42-,50-48-. The quantitative estimate of drug-likeness (QED) is 0.0261. The van der Waals surface area contributed by atoms with Crippen molar-refractivity contribution >= 4 is 17.9 Å². The lowest BCUT2D eigenvalue weighted by Gasteiger charge is -2.18. The van der Waals surface area contributed by atoms with Crippen LogP contribution in [-0.4, -0.2) is 37.2 Å². The molecule has 6 heteroatoms. The number of rotatable bonds is 62. The van der Waals surface area contributed by atoms with E-state index in [1.807, 2.05) is 0 Å². The van der Waals surface area contributed by atoms with Crippen LogP contribution in [0.25, 0.3) is 0 Å². The minimum atomic E-state index is -0.793. The Labute approximate surface area is 507 Å². The third kappa shape index (κ3) is 66.6. The first-order valence-electron chi connectivity index (χ1n) is 34.5. The van der Waals surface area contributed by atoms with Gasteiger partial charge in [-0.15, -0.1) is 0 Å². The molecule has 1 unspecified atom stereocenters. The zero-order valence-electron chi connectivity index (χ0n) is 53.7. The van der Waals surface area contributed by atoms with Gasteiger partial charge in [0.2, 0.25) is 0 Å². The summed E-state index contributed by atoms with van der Waals surface area (Å²) < 4.78 is 16.9. The van der Waals surface area contributed by atoms with E-state index in [4.69, 9.17) is 14.2 Å². The van der Waals surface area contributed by atoms with Crippen LogP contribution in [0, 0.1) is 0 Å². The molecule has 0 amide bonds. The van der Waals surface area contributed by atoms with Gasteiger partial charge in [0.1, 0.15) is 13.2 Å². The van der Waals surface area contributed by atoms with E-state index in [0.717, 1.165) is 148 Å². The van der Waals surface area contributed by atoms with Gasteiger partial charge in [0.25, 0.3) is 0 Å². The lowest BCUT2D eigenvalue weighted by molar-refractivity contribution is -0.167. The van der Waals surface area contributed by atoms with Crippen molar-refractivity contribution < 1.29 is 28.6 Å². The van der Waals surface area contributed by atoms with Gasteiger partial charge in [-0.2, -0.15) is 0 Å². The molecule has 0 N–H and O–H groups in total. The molecule has 6 nitrogen and oxygen atoms in total. The average molecular weight is 1140 g/mol. The van der Waals surface area contributed by atoms with E-state index in [1.165, 1.54) is 135 Å². The minimum Gasteiger partial charge on any atom is -0.462 e. The van der Waals surface area contributed by atoms with Gasteiger partial charge in [0.05, 0.1) is 0 Å². The van der Waals surface area contributed by atoms with Gasteiger partial charge in [-0.05, 0) is 128 Å². The van der Waals surface area contributed by atoms with E-state index in [9.17, 15) is 14.4 Å². The smallest absolute Gasteiger partial charge is 0.306 e. The first kappa shape index (κ1) is 77.8. The van der Waals surface area contributed by atoms with Crippen LogP contribution in [-0.2, 0) is 28.6 Å². The summed E-state index contributed by atoms with van der Waals surface area (Å²) in [6.07, 6.45) is 96.6. The van der Waals surface area contributed by atoms with Crippen molar-refractivity contribution in [3.63, 3.8) is 0 Å². The normalized spacial score (nSPS) is 12.9. The number of unbranched alkanes of at least 4 members (excludes halogenated alkanes) is 31. The van der Waals surface area contributed by atoms with Gasteiger partial charge in [0, 0.05) is 19.3 Å². The highest BCUT2D eigenvalue weighted by molar-refractivity contribution is 5.71. The number of hydrogen-bond acceptors (Lipinski definition) is 6. The Morgan fingerprint density at radius 1 is 0.256 bits per heavy atom. The highest BCUT2D eigenvalue weighted by Gasteiger charge is 2.19. The first-order valence-corrected chi connectivity index (χ1v) is 34.5. The number of carbonyl (C=O) groups is 3. The van der Waals surface area contributed by atoms with Crippen LogP contribution in [0.15, 0.2) is 122 Å². The Hall–Kier alpha value is -4.19. The molecule has 0 radical (unpaired) electrons. The number of esters is 3. The van der Waals surface area contributed by atoms with Gasteiger partial charge in [-0.1, -0.05) is 296 Å². The molecular weight excluding hydrogens is 1010 g/mol. The van der Waals surface area contributed by atoms with E-state index in [0.29, 0.717) is 19.3 Å². The summed E-state index contributed by atoms with van der Waals surface area (Å²) in [7, 11) is 0. The van der Waals surface area contributed by atoms with Crippen LogP contribution in [0.2, 0.25) is 0 Å². The van der Waals surface area contributed by atoms with Crippen LogP contribution in [0.5, 0.6) is 0 Å². The fourth-order valence-corrected chi connectivity index (χ4v) is 9.52. The second kappa shape index (κ2) is 69.3. The second-order valence-electron chi connectivity index (χ2n) is 22.7. The molecule has 1 atom stereocenters. The summed E-state index contributed by atoms with van der Waals surface area (Å²) in [5.74, 6) is -0.912. The maximum atomic E-state index is 12.9. The molecule has 0 spiro atoms. The Balaban J connectivity index is 4.26. The molecule has 0 aliphatic heterocycles. The third-order valence-electron chi connectivity index (χ3n) is 14.7. The number of hydrogen-bond donors (Lipinski definition) is 0. The second-order valence-corrected chi connectivity index (χ2v) is 22.7. The predicted octanol–water partition coefficient (Wildman–Crippen LogP) is 23.9. The molecule has 0 saturated heterocycles. The highest BCUT2D eigenvalue weighted by atomic mass is 16.6. The van der Waals surface area contributed by atoms with E-state index in [-0.39, 0.29) is 31.1 Å². The van der Waals surface area contributed by atoms with Crippen LogP contribution in [0.3, 0.4) is 0 Å². The fraction of sp³-hybridized carbons (Fsp3) is 0.697. The Bertz CT molecular complexity index is 1690. The van der Waals surface area contributed by atoms with E-state index >= 15 is 0 Å². The van der Waals surface area contributed by atoms with Crippen molar-refractivity contribution in [1.29, 1.82) is 0 Å². The minimum absolute atomic E-state index is 0.0895. The van der Waals surface area contributed by atoms with Crippen LogP contribution >= 0.6 is 0 Å². The molecule has 0 rings (SSSR count). The Kier molecular flexibility index (Phi) is 65.8. The van der Waals surface area contributed by atoms with Crippen molar-refractivity contribution in [2.45, 2.75) is 329 Å². The SMILES string of the molecule is CC/C=C\C/C=C\C/C=C\C/C=C\C/C=C\C/C=C\C/C=C\CCCCCCCC(=O)OCC(COC(=O)CCCCCCC/C=C\CCC)OC(=O)CCCCCCCCCCCCCCCCC/C=C\C/C=C\CCCCCCC. The molecular formula is C76H128O6. The van der Waals surface area contributed by atoms with Crippen molar-refractivity contribution in [3.8, 4) is 0 Å². The first-order chi connectivity index (χ1) is 40.5. The van der Waals surface area contributed by atoms with Gasteiger partial charge < -0.3 is 14.2 Å². The molecule has 0 aliphatic rings. The molecule has 0 bridgehead atoms. The highest BCUT2D eigenvalue weighted by Crippen LogP contribution is 2.16. The lowest BCUT2D eigenvalue weighted by Crippen LogP contribution is -2.30. The Morgan fingerprint density at radius 2 is 0.500 bits per heavy atom. The molecule has 0 aliphatic carbocycles. The molecule has 0 aromatic rings. The molecule has 0 heterocycles. The zero-order valence-corrected chi connectivity index (χ0v) is 53.7. The summed E-state index contributed by atoms with van der Waals surface area (Å²) in [5.41, 5.74) is 0. The molecule has 0 aromatic carbocycles. The maximum Gasteiger partial charge on any atom is 0.306 e. The summed E-state index contributed by atoms with van der Waals surface area (Å²) in [5, 5.41) is 0. The van der Waals surface area contributed by atoms with E-state index < -0.39 is 6.10 Å². The average Bonchev–Trinajstić information content (AvgIpc) is 3.48. The molecule has 82 heavy (non-hydrogen) atoms. The number of allylic oxidation sites excluding steroid dienone is 20. The van der Waals surface area contributed by atoms with Crippen LogP contribution in [0.1, 0.15) is 323 Å². The topological polar surface area (TPSA) is 78.9 Å². The van der Waals surface area contributed by atoms with Crippen LogP contribution in [0.4, 0.5) is 0 Å². The van der Waals surface area contributed by atoms with Crippen LogP contribution < -0.4 is 0 Å². The van der Waals surface area contributed by atoms with E-state index in [2.05, 4.69) is 142 Å². The summed E-state index contributed by atoms with van der Waals surface area (Å²) >= 11 is 0. The monoisotopic (exact) mass is 1140 g/mol. The van der Waals surface area contributed by atoms with Crippen molar-refractivity contribution in [2.75, 3.05) is 13.2 Å². The molecule has 0 aromatic heterocycles. The molecule has 0 fully saturated rings. The summed E-state index contributed by atoms with van der Waals surface area (Å²) in [6, 6.07) is 0. The third-order valence-corrected chi connectivity index (χ3v) is 14.7. The van der Waals surface area contributed by atoms with Gasteiger partial charge in [-0.25, -0.2) is 0 Å². The lowest BCUT2D eigenvalue weighted by atomic mass is 10.0. The largest absolute Gasteiger partial charge is 0.462 e. The number of ether oxygens (including phenoxy) is 3. The Morgan fingerprint density at radius 3 is 0.805 bits per heavy atom. The fourth-order valence-electron chi connectivity index (χ4n) is 9.52. The molecule has 0 saturated carbocycles. The van der Waals surface area contributed by atoms with Crippen molar-refractivity contribution in [1.82, 2.24) is 0 Å². The molecule has 468 valence electrons. The van der Waals surface area contributed by atoms with Gasteiger partial charge in [0.15, 0.2) is 6.10 Å². The number of carbonyl (C=O) groups excluding carboxylic acids is 3. The predicted molar refractivity (Wildman–Crippen MR) is 357 cm³/mol. The zero-order chi connectivity index (χ0) is 59.2. The van der Waals surface area contributed by atoms with Gasteiger partial charge in [-0.3, -0.25) is 14.4 Å². The maximum absolute atomic E-state index is 12.9.